The number of urea groups is 2. The zero-order chi connectivity index (χ0) is 25.8. The summed E-state index contributed by atoms with van der Waals surface area (Å²) in [5.74, 6) is -0.166. The molecule has 0 fully saturated rings. The molecule has 0 atom stereocenters. The lowest BCUT2D eigenvalue weighted by molar-refractivity contribution is 0.254. The summed E-state index contributed by atoms with van der Waals surface area (Å²) in [6, 6.07) is 12.2. The summed E-state index contributed by atoms with van der Waals surface area (Å²) in [6.07, 6.45) is 0. The summed E-state index contributed by atoms with van der Waals surface area (Å²) >= 11 is 11.6. The third kappa shape index (κ3) is 14.9. The quantitative estimate of drug-likeness (QED) is 0.169. The van der Waals surface area contributed by atoms with Crippen LogP contribution < -0.4 is 26.6 Å². The number of hydrogen-bond acceptors (Lipinski definition) is 5. The zero-order valence-electron chi connectivity index (χ0n) is 20.6. The molecule has 0 aliphatic heterocycles. The van der Waals surface area contributed by atoms with Gasteiger partial charge in [-0.25, -0.2) is 9.59 Å². The summed E-state index contributed by atoms with van der Waals surface area (Å²) < 4.78 is 0. The third-order valence-electron chi connectivity index (χ3n) is 4.67. The number of benzene rings is 2. The van der Waals surface area contributed by atoms with Crippen molar-refractivity contribution in [3.8, 4) is 0 Å². The standard InChI is InChI=1S/C22H29Cl2N9O2.3ClH/c1-32(12-11-27-19(25)30-21(34)28-17-7-3-15(23)4-8-17)13-14-33(2)20(26)31-22(35)29-18-9-5-16(24)6-10-18;;;/h3-10H,11-14H2,1-2H3,(H3,26,29,31,35)(H4,25,27,28,30,34);3*1H. The number of anilines is 2. The SMILES string of the molecule is CN(CCNC(=N)NC(=O)Nc1ccc(Cl)cc1)CCN(C)C(=N)NC(=O)Nc1ccc(Cl)cc1.Cl.Cl.Cl. The van der Waals surface area contributed by atoms with E-state index in [0.717, 1.165) is 0 Å². The van der Waals surface area contributed by atoms with Gasteiger partial charge in [-0.15, -0.1) is 37.2 Å². The molecule has 0 aliphatic carbocycles. The van der Waals surface area contributed by atoms with Crippen molar-refractivity contribution in [2.45, 2.75) is 0 Å². The molecule has 2 aromatic carbocycles. The van der Waals surface area contributed by atoms with Gasteiger partial charge < -0.3 is 25.8 Å². The van der Waals surface area contributed by atoms with Crippen LogP contribution in [-0.2, 0) is 0 Å². The minimum absolute atomic E-state index is 0. The van der Waals surface area contributed by atoms with E-state index < -0.39 is 12.1 Å². The predicted octanol–water partition coefficient (Wildman–Crippen LogP) is 4.52. The van der Waals surface area contributed by atoms with Crippen LogP contribution in [0.15, 0.2) is 48.5 Å². The van der Waals surface area contributed by atoms with E-state index in [9.17, 15) is 9.59 Å². The Labute approximate surface area is 250 Å². The number of guanidine groups is 2. The lowest BCUT2D eigenvalue weighted by Gasteiger charge is -2.24. The maximum atomic E-state index is 12.0. The van der Waals surface area contributed by atoms with Gasteiger partial charge in [-0.05, 0) is 55.6 Å². The number of amides is 4. The molecular formula is C22H32Cl5N9O2. The topological polar surface area (TPSA) is 148 Å². The van der Waals surface area contributed by atoms with E-state index in [-0.39, 0.29) is 49.1 Å². The molecule has 2 rings (SSSR count). The maximum absolute atomic E-state index is 12.0. The van der Waals surface area contributed by atoms with Crippen molar-refractivity contribution < 1.29 is 9.59 Å². The Bertz CT molecular complexity index is 1030. The number of carbonyl (C=O) groups is 2. The predicted molar refractivity (Wildman–Crippen MR) is 163 cm³/mol. The number of nitrogens with one attached hydrogen (secondary N) is 7. The highest BCUT2D eigenvalue weighted by Gasteiger charge is 2.11. The summed E-state index contributed by atoms with van der Waals surface area (Å²) in [5, 5.41) is 29.9. The molecule has 7 N–H and O–H groups in total. The van der Waals surface area contributed by atoms with Gasteiger partial charge in [0.05, 0.1) is 0 Å². The van der Waals surface area contributed by atoms with E-state index in [1.54, 1.807) is 60.5 Å². The van der Waals surface area contributed by atoms with Crippen molar-refractivity contribution in [3.63, 3.8) is 0 Å². The van der Waals surface area contributed by atoms with Crippen molar-refractivity contribution in [2.75, 3.05) is 50.9 Å². The average molecular weight is 632 g/mol. The first-order valence-electron chi connectivity index (χ1n) is 10.6. The Morgan fingerprint density at radius 2 is 1.18 bits per heavy atom. The van der Waals surface area contributed by atoms with E-state index in [1.165, 1.54) is 0 Å². The normalized spacial score (nSPS) is 9.50. The fraction of sp³-hybridized carbons (Fsp3) is 0.273. The molecule has 0 radical (unpaired) electrons. The third-order valence-corrected chi connectivity index (χ3v) is 5.17. The smallest absolute Gasteiger partial charge is 0.325 e. The molecule has 0 saturated carbocycles. The fourth-order valence-corrected chi connectivity index (χ4v) is 2.92. The van der Waals surface area contributed by atoms with Crippen LogP contribution in [0.3, 0.4) is 0 Å². The minimum Gasteiger partial charge on any atom is -0.355 e. The second kappa shape index (κ2) is 19.4. The summed E-state index contributed by atoms with van der Waals surface area (Å²) in [5.41, 5.74) is 1.13. The number of rotatable bonds is 8. The van der Waals surface area contributed by atoms with Crippen molar-refractivity contribution in [1.29, 1.82) is 10.8 Å². The minimum atomic E-state index is -0.536. The van der Waals surface area contributed by atoms with Gasteiger partial charge in [-0.2, -0.15) is 0 Å². The van der Waals surface area contributed by atoms with E-state index in [1.807, 2.05) is 11.9 Å². The second-order valence-corrected chi connectivity index (χ2v) is 8.42. The maximum Gasteiger partial charge on any atom is 0.325 e. The van der Waals surface area contributed by atoms with Gasteiger partial charge in [0.25, 0.3) is 0 Å². The molecule has 11 nitrogen and oxygen atoms in total. The fourth-order valence-electron chi connectivity index (χ4n) is 2.67. The molecule has 212 valence electrons. The Morgan fingerprint density at radius 1 is 0.737 bits per heavy atom. The van der Waals surface area contributed by atoms with Gasteiger partial charge in [0, 0.05) is 54.6 Å². The van der Waals surface area contributed by atoms with Crippen LogP contribution in [0.25, 0.3) is 0 Å². The van der Waals surface area contributed by atoms with Gasteiger partial charge in [0.1, 0.15) is 0 Å². The molecule has 0 unspecified atom stereocenters. The zero-order valence-corrected chi connectivity index (χ0v) is 24.6. The van der Waals surface area contributed by atoms with E-state index in [2.05, 4.69) is 26.6 Å². The molecule has 0 heterocycles. The van der Waals surface area contributed by atoms with Crippen LogP contribution in [0.5, 0.6) is 0 Å². The first-order chi connectivity index (χ1) is 16.6. The van der Waals surface area contributed by atoms with Gasteiger partial charge in [-0.3, -0.25) is 21.5 Å². The lowest BCUT2D eigenvalue weighted by atomic mass is 10.3. The molecule has 0 aromatic heterocycles. The second-order valence-electron chi connectivity index (χ2n) is 7.55. The van der Waals surface area contributed by atoms with Crippen LogP contribution in [0, 0.1) is 10.8 Å². The van der Waals surface area contributed by atoms with E-state index in [4.69, 9.17) is 34.0 Å². The van der Waals surface area contributed by atoms with Crippen molar-refractivity contribution in [3.05, 3.63) is 58.6 Å². The van der Waals surface area contributed by atoms with Crippen LogP contribution in [0.1, 0.15) is 0 Å². The molecule has 38 heavy (non-hydrogen) atoms. The Morgan fingerprint density at radius 3 is 1.66 bits per heavy atom. The first-order valence-corrected chi connectivity index (χ1v) is 11.4. The van der Waals surface area contributed by atoms with Gasteiger partial charge in [-0.1, -0.05) is 23.2 Å². The Kier molecular flexibility index (Phi) is 19.1. The highest BCUT2D eigenvalue weighted by atomic mass is 35.5. The highest BCUT2D eigenvalue weighted by molar-refractivity contribution is 6.31. The summed E-state index contributed by atoms with van der Waals surface area (Å²) in [4.78, 5) is 27.6. The molecule has 2 aromatic rings. The van der Waals surface area contributed by atoms with Gasteiger partial charge >= 0.3 is 12.1 Å². The van der Waals surface area contributed by atoms with Crippen LogP contribution >= 0.6 is 60.4 Å². The molecule has 0 saturated heterocycles. The largest absolute Gasteiger partial charge is 0.355 e. The van der Waals surface area contributed by atoms with E-state index in [0.29, 0.717) is 47.6 Å². The Balaban J connectivity index is 0. The number of hydrogen-bond donors (Lipinski definition) is 7. The number of likely N-dealkylation sites (N-methyl/N-ethyl adjacent to an activating group) is 2. The van der Waals surface area contributed by atoms with Crippen LogP contribution in [0.2, 0.25) is 10.0 Å². The Hall–Kier alpha value is -2.67. The van der Waals surface area contributed by atoms with Crippen LogP contribution in [-0.4, -0.2) is 74.1 Å². The molecule has 0 aliphatic rings. The first kappa shape index (κ1) is 37.5. The highest BCUT2D eigenvalue weighted by Crippen LogP contribution is 2.13. The molecule has 4 amide bonds. The number of halogens is 5. The lowest BCUT2D eigenvalue weighted by Crippen LogP contribution is -2.47. The van der Waals surface area contributed by atoms with Gasteiger partial charge in [0.15, 0.2) is 11.9 Å². The molecular weight excluding hydrogens is 600 g/mol. The van der Waals surface area contributed by atoms with Crippen molar-refractivity contribution in [2.24, 2.45) is 0 Å². The number of nitrogens with zero attached hydrogens (tertiary/aromatic N) is 2. The van der Waals surface area contributed by atoms with Gasteiger partial charge in [0.2, 0.25) is 0 Å². The van der Waals surface area contributed by atoms with Crippen molar-refractivity contribution in [1.82, 2.24) is 25.8 Å². The number of carbonyl (C=O) groups excluding carboxylic acids is 2. The molecule has 0 bridgehead atoms. The summed E-state index contributed by atoms with van der Waals surface area (Å²) in [6.45, 7) is 2.13. The molecule has 16 heteroatoms. The summed E-state index contributed by atoms with van der Waals surface area (Å²) in [7, 11) is 3.60. The molecule has 0 spiro atoms. The monoisotopic (exact) mass is 629 g/mol. The average Bonchev–Trinajstić information content (AvgIpc) is 2.80. The van der Waals surface area contributed by atoms with Crippen LogP contribution in [0.4, 0.5) is 21.0 Å². The van der Waals surface area contributed by atoms with Crippen molar-refractivity contribution >= 4 is 95.8 Å². The van der Waals surface area contributed by atoms with E-state index >= 15 is 0 Å².